The molecule has 4 aromatic rings. The Labute approximate surface area is 276 Å². The number of imide groups is 1. The van der Waals surface area contributed by atoms with Gasteiger partial charge in [0.25, 0.3) is 5.91 Å². The van der Waals surface area contributed by atoms with Crippen molar-refractivity contribution in [2.24, 2.45) is 29.6 Å². The summed E-state index contributed by atoms with van der Waals surface area (Å²) in [4.78, 5) is 58.5. The fraction of sp³-hybridized carbons (Fsp3) is 0.294. The van der Waals surface area contributed by atoms with Crippen molar-refractivity contribution in [3.8, 4) is 5.75 Å². The first-order valence-corrected chi connectivity index (χ1v) is 17.1. The molecule has 3 heterocycles. The predicted octanol–water partition coefficient (Wildman–Crippen LogP) is 6.23. The third-order valence-electron chi connectivity index (χ3n) is 9.81. The van der Waals surface area contributed by atoms with E-state index in [-0.39, 0.29) is 52.2 Å². The first kappa shape index (κ1) is 29.5. The van der Waals surface area contributed by atoms with Crippen molar-refractivity contribution in [3.63, 3.8) is 0 Å². The van der Waals surface area contributed by atoms with E-state index in [2.05, 4.69) is 10.3 Å². The van der Waals surface area contributed by atoms with Gasteiger partial charge in [0.1, 0.15) is 11.6 Å². The molecule has 2 bridgehead atoms. The molecule has 2 N–H and O–H groups in total. The molecule has 2 aliphatic carbocycles. The Bertz CT molecular complexity index is 1960. The highest BCUT2D eigenvalue weighted by atomic mass is 35.5. The van der Waals surface area contributed by atoms with E-state index in [0.717, 1.165) is 38.8 Å². The van der Waals surface area contributed by atoms with E-state index in [9.17, 15) is 23.6 Å². The standard InChI is InChI=1S/C34H27ClFN3O5S2/c1-15-2-9-19(10-3-15)39-32(41)27-21-13-22(28(27)33(39)42)29-26(21)25(30-31(45-29)38-34(43)46-30)20-12-16(35)4-11-23(20)44-14-24(40)37-18-7-5-17(36)6-8-18/h2-12,21-22,25-29H,13-14H2,1H3,(H,37,40)(H,38,43)/t21-,22-,25+,26-,27+,28+,29-/m1/s1. The van der Waals surface area contributed by atoms with Gasteiger partial charge in [0.05, 0.1) is 22.5 Å². The molecule has 3 amide bonds. The number of ether oxygens (including phenoxy) is 1. The van der Waals surface area contributed by atoms with Crippen LogP contribution in [0.1, 0.15) is 28.3 Å². The minimum atomic E-state index is -0.453. The quantitative estimate of drug-likeness (QED) is 0.235. The van der Waals surface area contributed by atoms with Crippen LogP contribution in [-0.4, -0.2) is 34.6 Å². The molecule has 234 valence electrons. The van der Waals surface area contributed by atoms with E-state index >= 15 is 0 Å². The number of aromatic nitrogens is 1. The van der Waals surface area contributed by atoms with Crippen LogP contribution < -0.4 is 19.8 Å². The van der Waals surface area contributed by atoms with Crippen LogP contribution in [0.2, 0.25) is 5.02 Å². The first-order chi connectivity index (χ1) is 22.2. The van der Waals surface area contributed by atoms with Crippen LogP contribution in [0.3, 0.4) is 0 Å². The smallest absolute Gasteiger partial charge is 0.305 e. The topological polar surface area (TPSA) is 109 Å². The van der Waals surface area contributed by atoms with Crippen molar-refractivity contribution < 1.29 is 23.5 Å². The van der Waals surface area contributed by atoms with Gasteiger partial charge < -0.3 is 15.0 Å². The van der Waals surface area contributed by atoms with E-state index in [1.165, 1.54) is 29.2 Å². The largest absolute Gasteiger partial charge is 0.483 e. The van der Waals surface area contributed by atoms with Crippen molar-refractivity contribution in [2.75, 3.05) is 16.8 Å². The zero-order chi connectivity index (χ0) is 31.9. The van der Waals surface area contributed by atoms with Gasteiger partial charge in [-0.05, 0) is 85.7 Å². The molecule has 3 aromatic carbocycles. The Morgan fingerprint density at radius 1 is 1.02 bits per heavy atom. The number of H-pyrrole nitrogens is 1. The summed E-state index contributed by atoms with van der Waals surface area (Å²) in [5.74, 6) is -2.12. The zero-order valence-corrected chi connectivity index (χ0v) is 26.8. The summed E-state index contributed by atoms with van der Waals surface area (Å²) in [7, 11) is 0. The molecule has 3 fully saturated rings. The number of amides is 3. The Morgan fingerprint density at radius 2 is 1.74 bits per heavy atom. The maximum atomic E-state index is 14.0. The zero-order valence-electron chi connectivity index (χ0n) is 24.4. The summed E-state index contributed by atoms with van der Waals surface area (Å²) < 4.78 is 19.4. The van der Waals surface area contributed by atoms with E-state index in [1.807, 2.05) is 37.3 Å². The van der Waals surface area contributed by atoms with Crippen molar-refractivity contribution in [3.05, 3.63) is 103 Å². The van der Waals surface area contributed by atoms with Crippen LogP contribution in [0, 0.1) is 42.3 Å². The average Bonchev–Trinajstić information content (AvgIpc) is 3.77. The number of carbonyl (C=O) groups excluding carboxylic acids is 3. The van der Waals surface area contributed by atoms with Gasteiger partial charge >= 0.3 is 4.87 Å². The second-order valence-corrected chi connectivity index (χ2v) is 15.0. The van der Waals surface area contributed by atoms with Gasteiger partial charge in [-0.2, -0.15) is 0 Å². The molecule has 0 radical (unpaired) electrons. The third kappa shape index (κ3) is 4.70. The van der Waals surface area contributed by atoms with E-state index < -0.39 is 23.6 Å². The maximum Gasteiger partial charge on any atom is 0.305 e. The number of benzene rings is 3. The van der Waals surface area contributed by atoms with Crippen molar-refractivity contribution in [1.29, 1.82) is 0 Å². The molecule has 7 atom stereocenters. The van der Waals surface area contributed by atoms with Crippen molar-refractivity contribution in [1.82, 2.24) is 4.98 Å². The molecule has 0 unspecified atom stereocenters. The fourth-order valence-corrected chi connectivity index (χ4v) is 11.1. The lowest BCUT2D eigenvalue weighted by atomic mass is 9.68. The van der Waals surface area contributed by atoms with Crippen molar-refractivity contribution in [2.45, 2.75) is 29.5 Å². The van der Waals surface area contributed by atoms with Gasteiger partial charge in [-0.25, -0.2) is 4.39 Å². The lowest BCUT2D eigenvalue weighted by molar-refractivity contribution is -0.123. The molecule has 2 aliphatic heterocycles. The Hall–Kier alpha value is -3.93. The molecule has 1 aromatic heterocycles. The highest BCUT2D eigenvalue weighted by Crippen LogP contribution is 2.69. The van der Waals surface area contributed by atoms with Crippen LogP contribution >= 0.6 is 34.7 Å². The van der Waals surface area contributed by atoms with Crippen LogP contribution in [0.15, 0.2) is 76.6 Å². The number of rotatable bonds is 6. The summed E-state index contributed by atoms with van der Waals surface area (Å²) in [5, 5.41) is 3.92. The number of carbonyl (C=O) groups is 3. The molecular formula is C34H27ClFN3O5S2. The average molecular weight is 676 g/mol. The third-order valence-corrected chi connectivity index (χ3v) is 12.6. The lowest BCUT2D eigenvalue weighted by Crippen LogP contribution is -2.42. The van der Waals surface area contributed by atoms with E-state index in [1.54, 1.807) is 23.9 Å². The molecule has 8 nitrogen and oxygen atoms in total. The second-order valence-electron chi connectivity index (χ2n) is 12.3. The Kier molecular flexibility index (Phi) is 7.11. The molecule has 12 heteroatoms. The normalized spacial score (nSPS) is 27.4. The number of hydrogen-bond donors (Lipinski definition) is 2. The molecule has 4 aliphatic rings. The first-order valence-electron chi connectivity index (χ1n) is 15.0. The van der Waals surface area contributed by atoms with Crippen molar-refractivity contribution >= 4 is 63.8 Å². The number of aryl methyl sites for hydroxylation is 1. The number of thiazole rings is 1. The number of nitrogens with zero attached hydrogens (tertiary/aromatic N) is 1. The van der Waals surface area contributed by atoms with Gasteiger partial charge in [0.15, 0.2) is 6.61 Å². The van der Waals surface area contributed by atoms with Gasteiger partial charge in [0, 0.05) is 32.3 Å². The summed E-state index contributed by atoms with van der Waals surface area (Å²) in [6.45, 7) is 1.65. The highest BCUT2D eigenvalue weighted by Gasteiger charge is 2.69. The van der Waals surface area contributed by atoms with E-state index in [0.29, 0.717) is 22.1 Å². The lowest BCUT2D eigenvalue weighted by Gasteiger charge is -2.43. The monoisotopic (exact) mass is 675 g/mol. The fourth-order valence-electron chi connectivity index (χ4n) is 8.08. The van der Waals surface area contributed by atoms with Crippen LogP contribution in [0.4, 0.5) is 15.8 Å². The van der Waals surface area contributed by atoms with Gasteiger partial charge in [0.2, 0.25) is 11.8 Å². The van der Waals surface area contributed by atoms with Crippen LogP contribution in [0.25, 0.3) is 0 Å². The minimum absolute atomic E-state index is 0.0164. The molecule has 8 rings (SSSR count). The number of thioether (sulfide) groups is 1. The Morgan fingerprint density at radius 3 is 2.48 bits per heavy atom. The number of aromatic amines is 1. The van der Waals surface area contributed by atoms with Gasteiger partial charge in [-0.15, -0.1) is 11.8 Å². The number of anilines is 2. The summed E-state index contributed by atoms with van der Waals surface area (Å²) >= 11 is 9.29. The highest BCUT2D eigenvalue weighted by molar-refractivity contribution is 8.00. The number of nitrogens with one attached hydrogen (secondary N) is 2. The summed E-state index contributed by atoms with van der Waals surface area (Å²) in [5.41, 5.74) is 2.80. The molecular weight excluding hydrogens is 649 g/mol. The predicted molar refractivity (Wildman–Crippen MR) is 174 cm³/mol. The number of fused-ring (bicyclic) bond motifs is 9. The Balaban J connectivity index is 1.14. The van der Waals surface area contributed by atoms with Crippen LogP contribution in [-0.2, 0) is 14.4 Å². The summed E-state index contributed by atoms with van der Waals surface area (Å²) in [6, 6.07) is 18.1. The molecule has 46 heavy (non-hydrogen) atoms. The molecule has 1 saturated heterocycles. The summed E-state index contributed by atoms with van der Waals surface area (Å²) in [6.07, 6.45) is 0.739. The minimum Gasteiger partial charge on any atom is -0.483 e. The maximum absolute atomic E-state index is 14.0. The van der Waals surface area contributed by atoms with Gasteiger partial charge in [-0.1, -0.05) is 40.6 Å². The second kappa shape index (κ2) is 11.1. The van der Waals surface area contributed by atoms with Crippen LogP contribution in [0.5, 0.6) is 5.75 Å². The van der Waals surface area contributed by atoms with Gasteiger partial charge in [-0.3, -0.25) is 24.1 Å². The van der Waals surface area contributed by atoms with E-state index in [4.69, 9.17) is 16.3 Å². The SMILES string of the molecule is Cc1ccc(N2C(=O)[C@H]3[C@H]4C[C@@H]([C@@H]3C2=O)[C@@H]2[C@H](c3cc(Cl)ccc3OCC(=O)Nc3ccc(F)cc3)c3sc(=O)[nH]c3S[C@H]42)cc1. The number of hydrogen-bond acceptors (Lipinski definition) is 7. The number of halogens is 2. The molecule has 2 saturated carbocycles. The molecule has 0 spiro atoms.